The van der Waals surface area contributed by atoms with Gasteiger partial charge in [-0.1, -0.05) is 60.2 Å². The number of hydrogen-bond donors (Lipinski definition) is 0. The maximum absolute atomic E-state index is 4.97. The highest BCUT2D eigenvalue weighted by Crippen LogP contribution is 2.34. The van der Waals surface area contributed by atoms with Gasteiger partial charge in [-0.2, -0.15) is 0 Å². The molecule has 0 saturated heterocycles. The lowest BCUT2D eigenvalue weighted by Crippen LogP contribution is -2.07. The van der Waals surface area contributed by atoms with Gasteiger partial charge in [-0.25, -0.2) is 0 Å². The van der Waals surface area contributed by atoms with E-state index in [1.165, 1.54) is 49.9 Å². The summed E-state index contributed by atoms with van der Waals surface area (Å²) in [5.41, 5.74) is 9.86. The number of hydrogen-bond acceptors (Lipinski definition) is 2. The third kappa shape index (κ3) is 3.75. The number of nitrogens with zero attached hydrogens (tertiary/aromatic N) is 2. The Kier molecular flexibility index (Phi) is 5.10. The first-order valence-corrected chi connectivity index (χ1v) is 10.2. The fourth-order valence-electron chi connectivity index (χ4n) is 4.23. The van der Waals surface area contributed by atoms with E-state index < -0.39 is 0 Å². The number of benzene rings is 3. The number of aliphatic imine (C=N–C) groups is 1. The molecule has 0 saturated carbocycles. The summed E-state index contributed by atoms with van der Waals surface area (Å²) in [6.45, 7) is 6.42. The second kappa shape index (κ2) is 7.71. The highest BCUT2D eigenvalue weighted by atomic mass is 15.1. The fraction of sp³-hybridized carbons (Fsp3) is 0.222. The van der Waals surface area contributed by atoms with Crippen molar-refractivity contribution < 1.29 is 0 Å². The van der Waals surface area contributed by atoms with E-state index in [1.54, 1.807) is 0 Å². The molecule has 0 N–H and O–H groups in total. The Bertz CT molecular complexity index is 1150. The van der Waals surface area contributed by atoms with E-state index in [-0.39, 0.29) is 0 Å². The van der Waals surface area contributed by atoms with Crippen LogP contribution in [0.3, 0.4) is 0 Å². The van der Waals surface area contributed by atoms with Gasteiger partial charge < -0.3 is 4.90 Å². The minimum absolute atomic E-state index is 0.954. The average molecular weight is 381 g/mol. The Morgan fingerprint density at radius 1 is 0.931 bits per heavy atom. The van der Waals surface area contributed by atoms with Crippen LogP contribution >= 0.6 is 0 Å². The van der Waals surface area contributed by atoms with Crippen molar-refractivity contribution in [2.45, 2.75) is 27.2 Å². The van der Waals surface area contributed by atoms with Gasteiger partial charge in [0, 0.05) is 31.6 Å². The van der Waals surface area contributed by atoms with Gasteiger partial charge >= 0.3 is 0 Å². The maximum atomic E-state index is 4.97. The molecule has 3 aromatic carbocycles. The Labute approximate surface area is 173 Å². The summed E-state index contributed by atoms with van der Waals surface area (Å²) in [5.74, 6) is 0. The van der Waals surface area contributed by atoms with Gasteiger partial charge in [-0.05, 0) is 66.3 Å². The minimum atomic E-state index is 0.954. The van der Waals surface area contributed by atoms with Crippen LogP contribution in [0.5, 0.6) is 0 Å². The first-order valence-electron chi connectivity index (χ1n) is 10.2. The Hall–Kier alpha value is -3.13. The average Bonchev–Trinajstić information content (AvgIpc) is 3.17. The molecule has 0 bridgehead atoms. The topological polar surface area (TPSA) is 15.6 Å². The molecule has 3 aromatic rings. The molecule has 1 aliphatic carbocycles. The molecule has 1 aliphatic rings. The zero-order valence-corrected chi connectivity index (χ0v) is 18.0. The van der Waals surface area contributed by atoms with Crippen LogP contribution in [0.25, 0.3) is 16.3 Å². The lowest BCUT2D eigenvalue weighted by molar-refractivity contribution is 0.531. The molecule has 4 rings (SSSR count). The van der Waals surface area contributed by atoms with Crippen LogP contribution in [0.2, 0.25) is 0 Å². The fourth-order valence-corrected chi connectivity index (χ4v) is 4.23. The first-order chi connectivity index (χ1) is 13.9. The third-order valence-electron chi connectivity index (χ3n) is 5.64. The quantitative estimate of drug-likeness (QED) is 0.457. The second-order valence-electron chi connectivity index (χ2n) is 8.15. The van der Waals surface area contributed by atoms with Gasteiger partial charge in [-0.15, -0.1) is 0 Å². The molecule has 0 aromatic heterocycles. The van der Waals surface area contributed by atoms with Crippen molar-refractivity contribution in [2.24, 2.45) is 4.99 Å². The Balaban J connectivity index is 1.86. The molecule has 0 unspecified atom stereocenters. The SMILES string of the molecule is Cc1cc(C)c(N=Cc2c(C3=CC(N(C)C)=CC3)ccc3ccccc23)c(C)c1. The minimum Gasteiger partial charge on any atom is -0.378 e. The number of fused-ring (bicyclic) bond motifs is 1. The van der Waals surface area contributed by atoms with Crippen molar-refractivity contribution in [3.05, 3.63) is 94.2 Å². The molecule has 0 atom stereocenters. The number of aryl methyl sites for hydroxylation is 3. The van der Waals surface area contributed by atoms with Crippen LogP contribution in [-0.2, 0) is 0 Å². The molecule has 0 aliphatic heterocycles. The first kappa shape index (κ1) is 19.2. The predicted molar refractivity (Wildman–Crippen MR) is 126 cm³/mol. The molecule has 0 heterocycles. The Morgan fingerprint density at radius 2 is 1.66 bits per heavy atom. The molecule has 0 amide bonds. The summed E-state index contributed by atoms with van der Waals surface area (Å²) in [6.07, 6.45) is 7.61. The van der Waals surface area contributed by atoms with Crippen LogP contribution < -0.4 is 0 Å². The van der Waals surface area contributed by atoms with Gasteiger partial charge in [0.1, 0.15) is 0 Å². The highest BCUT2D eigenvalue weighted by molar-refractivity contribution is 6.05. The number of likely N-dealkylation sites (N-methyl/N-ethyl adjacent to an activating group) is 1. The smallest absolute Gasteiger partial charge is 0.0688 e. The number of allylic oxidation sites excluding steroid dienone is 3. The predicted octanol–water partition coefficient (Wildman–Crippen LogP) is 6.75. The van der Waals surface area contributed by atoms with Crippen molar-refractivity contribution in [1.82, 2.24) is 4.90 Å². The van der Waals surface area contributed by atoms with Gasteiger partial charge in [-0.3, -0.25) is 4.99 Å². The van der Waals surface area contributed by atoms with Crippen molar-refractivity contribution in [3.63, 3.8) is 0 Å². The number of rotatable bonds is 4. The summed E-state index contributed by atoms with van der Waals surface area (Å²) in [6, 6.07) is 17.5. The van der Waals surface area contributed by atoms with Crippen molar-refractivity contribution in [3.8, 4) is 0 Å². The van der Waals surface area contributed by atoms with E-state index in [4.69, 9.17) is 4.99 Å². The van der Waals surface area contributed by atoms with E-state index in [2.05, 4.69) is 107 Å². The Morgan fingerprint density at radius 3 is 2.34 bits per heavy atom. The lowest BCUT2D eigenvalue weighted by Gasteiger charge is -2.13. The third-order valence-corrected chi connectivity index (χ3v) is 5.64. The van der Waals surface area contributed by atoms with Gasteiger partial charge in [0.05, 0.1) is 5.69 Å². The molecular formula is C27H28N2. The van der Waals surface area contributed by atoms with Crippen LogP contribution in [0.4, 0.5) is 5.69 Å². The van der Waals surface area contributed by atoms with Crippen LogP contribution in [-0.4, -0.2) is 25.2 Å². The highest BCUT2D eigenvalue weighted by Gasteiger charge is 2.15. The van der Waals surface area contributed by atoms with Crippen molar-refractivity contribution >= 4 is 28.2 Å². The van der Waals surface area contributed by atoms with Crippen LogP contribution in [0, 0.1) is 20.8 Å². The van der Waals surface area contributed by atoms with E-state index in [0.717, 1.165) is 12.1 Å². The summed E-state index contributed by atoms with van der Waals surface area (Å²) in [7, 11) is 4.19. The summed E-state index contributed by atoms with van der Waals surface area (Å²) < 4.78 is 0. The molecule has 0 radical (unpaired) electrons. The van der Waals surface area contributed by atoms with E-state index >= 15 is 0 Å². The van der Waals surface area contributed by atoms with Crippen LogP contribution in [0.15, 0.2) is 71.4 Å². The zero-order valence-electron chi connectivity index (χ0n) is 18.0. The molecule has 2 heteroatoms. The lowest BCUT2D eigenvalue weighted by atomic mass is 9.94. The van der Waals surface area contributed by atoms with Crippen molar-refractivity contribution in [2.75, 3.05) is 14.1 Å². The van der Waals surface area contributed by atoms with Crippen molar-refractivity contribution in [1.29, 1.82) is 0 Å². The normalized spacial score (nSPS) is 13.8. The second-order valence-corrected chi connectivity index (χ2v) is 8.15. The van der Waals surface area contributed by atoms with Gasteiger partial charge in [0.15, 0.2) is 0 Å². The molecule has 146 valence electrons. The zero-order chi connectivity index (χ0) is 20.5. The summed E-state index contributed by atoms with van der Waals surface area (Å²) in [4.78, 5) is 7.14. The molecular weight excluding hydrogens is 352 g/mol. The molecule has 29 heavy (non-hydrogen) atoms. The van der Waals surface area contributed by atoms with Gasteiger partial charge in [0.25, 0.3) is 0 Å². The summed E-state index contributed by atoms with van der Waals surface area (Å²) in [5, 5.41) is 2.49. The molecule has 2 nitrogen and oxygen atoms in total. The van der Waals surface area contributed by atoms with Crippen LogP contribution in [0.1, 0.15) is 34.2 Å². The maximum Gasteiger partial charge on any atom is 0.0688 e. The largest absolute Gasteiger partial charge is 0.378 e. The van der Waals surface area contributed by atoms with E-state index in [1.807, 2.05) is 0 Å². The standard InChI is InChI=1S/C27H28N2/c1-18-14-19(2)27(20(3)15-18)28-17-26-24-9-7-6-8-21(24)11-13-25(26)22-10-12-23(16-22)29(4)5/h6-9,11-17H,10H2,1-5H3. The van der Waals surface area contributed by atoms with E-state index in [0.29, 0.717) is 0 Å². The van der Waals surface area contributed by atoms with E-state index in [9.17, 15) is 0 Å². The monoisotopic (exact) mass is 380 g/mol. The molecule has 0 spiro atoms. The summed E-state index contributed by atoms with van der Waals surface area (Å²) >= 11 is 0. The van der Waals surface area contributed by atoms with Gasteiger partial charge in [0.2, 0.25) is 0 Å². The molecule has 0 fully saturated rings.